The highest BCUT2D eigenvalue weighted by Crippen LogP contribution is 2.37. The van der Waals surface area contributed by atoms with E-state index >= 15 is 0 Å². The molecule has 19 heavy (non-hydrogen) atoms. The molecule has 114 valence electrons. The molecule has 3 heteroatoms. The molecule has 0 bridgehead atoms. The lowest BCUT2D eigenvalue weighted by molar-refractivity contribution is 0.0361. The van der Waals surface area contributed by atoms with E-state index in [0.717, 1.165) is 26.2 Å². The summed E-state index contributed by atoms with van der Waals surface area (Å²) < 4.78 is 5.27. The quantitative estimate of drug-likeness (QED) is 0.734. The number of hydrogen-bond acceptors (Lipinski definition) is 3. The van der Waals surface area contributed by atoms with E-state index < -0.39 is 0 Å². The van der Waals surface area contributed by atoms with Gasteiger partial charge in [0, 0.05) is 25.7 Å². The zero-order chi connectivity index (χ0) is 14.3. The van der Waals surface area contributed by atoms with Crippen LogP contribution in [0.5, 0.6) is 0 Å². The van der Waals surface area contributed by atoms with Crippen LogP contribution in [0.3, 0.4) is 0 Å². The highest BCUT2D eigenvalue weighted by atomic mass is 16.5. The summed E-state index contributed by atoms with van der Waals surface area (Å²) in [6, 6.07) is 1.27. The van der Waals surface area contributed by atoms with Gasteiger partial charge < -0.3 is 10.1 Å². The van der Waals surface area contributed by atoms with Crippen LogP contribution in [-0.4, -0.2) is 50.3 Å². The lowest BCUT2D eigenvalue weighted by Crippen LogP contribution is -2.59. The first-order valence-corrected chi connectivity index (χ1v) is 8.03. The highest BCUT2D eigenvalue weighted by Gasteiger charge is 2.40. The molecule has 0 aromatic heterocycles. The van der Waals surface area contributed by atoms with Crippen molar-refractivity contribution in [1.82, 2.24) is 10.2 Å². The smallest absolute Gasteiger partial charge is 0.0589 e. The Bertz CT molecular complexity index is 243. The fourth-order valence-electron chi connectivity index (χ4n) is 3.48. The molecule has 2 unspecified atom stereocenters. The summed E-state index contributed by atoms with van der Waals surface area (Å²) in [5.41, 5.74) is 0.401. The van der Waals surface area contributed by atoms with Crippen LogP contribution in [-0.2, 0) is 4.74 Å². The van der Waals surface area contributed by atoms with Gasteiger partial charge in [0.15, 0.2) is 0 Å². The molecular weight excluding hydrogens is 236 g/mol. The van der Waals surface area contributed by atoms with E-state index in [1.54, 1.807) is 7.11 Å². The van der Waals surface area contributed by atoms with Crippen LogP contribution < -0.4 is 5.32 Å². The van der Waals surface area contributed by atoms with Crippen LogP contribution in [0.2, 0.25) is 0 Å². The summed E-state index contributed by atoms with van der Waals surface area (Å²) in [5, 5.41) is 3.82. The largest absolute Gasteiger partial charge is 0.383 e. The number of nitrogens with zero attached hydrogens (tertiary/aromatic N) is 1. The minimum atomic E-state index is 0.401. The van der Waals surface area contributed by atoms with Gasteiger partial charge in [0.25, 0.3) is 0 Å². The van der Waals surface area contributed by atoms with Crippen molar-refractivity contribution < 1.29 is 4.74 Å². The molecule has 0 radical (unpaired) electrons. The van der Waals surface area contributed by atoms with Gasteiger partial charge in [0.05, 0.1) is 6.61 Å². The number of methoxy groups -OCH3 is 1. The van der Waals surface area contributed by atoms with E-state index in [2.05, 4.69) is 37.9 Å². The minimum Gasteiger partial charge on any atom is -0.383 e. The second-order valence-corrected chi connectivity index (χ2v) is 6.50. The van der Waals surface area contributed by atoms with Crippen molar-refractivity contribution in [2.75, 3.05) is 33.4 Å². The predicted molar refractivity (Wildman–Crippen MR) is 82.6 cm³/mol. The minimum absolute atomic E-state index is 0.401. The Balaban J connectivity index is 2.74. The van der Waals surface area contributed by atoms with Crippen LogP contribution in [0.1, 0.15) is 53.4 Å². The van der Waals surface area contributed by atoms with Crippen LogP contribution in [0.25, 0.3) is 0 Å². The molecule has 1 aliphatic rings. The standard InChI is InChI=1S/C16H34N2O/c1-6-11-17-15-14(9-8-10-16(15,3)4)18(7-2)12-13-19-5/h14-15,17H,6-13H2,1-5H3. The Kier molecular flexibility index (Phi) is 7.33. The molecule has 3 nitrogen and oxygen atoms in total. The molecule has 0 heterocycles. The van der Waals surface area contributed by atoms with Crippen molar-refractivity contribution in [3.8, 4) is 0 Å². The summed E-state index contributed by atoms with van der Waals surface area (Å²) in [4.78, 5) is 2.61. The van der Waals surface area contributed by atoms with Gasteiger partial charge in [-0.2, -0.15) is 0 Å². The van der Waals surface area contributed by atoms with Gasteiger partial charge in [-0.15, -0.1) is 0 Å². The van der Waals surface area contributed by atoms with E-state index in [0.29, 0.717) is 17.5 Å². The zero-order valence-electron chi connectivity index (χ0n) is 13.7. The molecule has 0 aromatic carbocycles. The molecule has 2 atom stereocenters. The fraction of sp³-hybridized carbons (Fsp3) is 1.00. The van der Waals surface area contributed by atoms with Crippen molar-refractivity contribution in [2.45, 2.75) is 65.5 Å². The summed E-state index contributed by atoms with van der Waals surface area (Å²) in [6.45, 7) is 13.5. The molecule has 1 saturated carbocycles. The van der Waals surface area contributed by atoms with E-state index in [1.807, 2.05) is 0 Å². The molecule has 0 saturated heterocycles. The fourth-order valence-corrected chi connectivity index (χ4v) is 3.48. The van der Waals surface area contributed by atoms with Gasteiger partial charge in [0.1, 0.15) is 0 Å². The molecule has 0 aromatic rings. The highest BCUT2D eigenvalue weighted by molar-refractivity contribution is 4.98. The van der Waals surface area contributed by atoms with Gasteiger partial charge in [-0.25, -0.2) is 0 Å². The van der Waals surface area contributed by atoms with Crippen molar-refractivity contribution in [2.24, 2.45) is 5.41 Å². The molecule has 1 rings (SSSR count). The maximum Gasteiger partial charge on any atom is 0.0589 e. The monoisotopic (exact) mass is 270 g/mol. The van der Waals surface area contributed by atoms with Crippen molar-refractivity contribution in [3.63, 3.8) is 0 Å². The Morgan fingerprint density at radius 1 is 1.32 bits per heavy atom. The number of nitrogens with one attached hydrogen (secondary N) is 1. The first kappa shape index (κ1) is 16.9. The van der Waals surface area contributed by atoms with Crippen LogP contribution in [0.15, 0.2) is 0 Å². The predicted octanol–water partition coefficient (Wildman–Crippen LogP) is 2.90. The number of hydrogen-bond donors (Lipinski definition) is 1. The van der Waals surface area contributed by atoms with Crippen molar-refractivity contribution in [1.29, 1.82) is 0 Å². The molecular formula is C16H34N2O. The third-order valence-electron chi connectivity index (χ3n) is 4.62. The Labute approximate surface area is 120 Å². The van der Waals surface area contributed by atoms with E-state index in [9.17, 15) is 0 Å². The molecule has 1 fully saturated rings. The van der Waals surface area contributed by atoms with Gasteiger partial charge in [-0.3, -0.25) is 4.90 Å². The lowest BCUT2D eigenvalue weighted by atomic mass is 9.70. The summed E-state index contributed by atoms with van der Waals surface area (Å²) in [7, 11) is 1.80. The SMILES string of the molecule is CCCNC1C(N(CC)CCOC)CCCC1(C)C. The Hall–Kier alpha value is -0.120. The van der Waals surface area contributed by atoms with Gasteiger partial charge in [-0.05, 0) is 37.8 Å². The Morgan fingerprint density at radius 3 is 2.63 bits per heavy atom. The molecule has 1 aliphatic carbocycles. The molecule has 0 spiro atoms. The van der Waals surface area contributed by atoms with Crippen LogP contribution >= 0.6 is 0 Å². The molecule has 0 aliphatic heterocycles. The average molecular weight is 270 g/mol. The Morgan fingerprint density at radius 2 is 2.05 bits per heavy atom. The van der Waals surface area contributed by atoms with E-state index in [-0.39, 0.29) is 0 Å². The van der Waals surface area contributed by atoms with Crippen LogP contribution in [0.4, 0.5) is 0 Å². The van der Waals surface area contributed by atoms with E-state index in [4.69, 9.17) is 4.74 Å². The van der Waals surface area contributed by atoms with Gasteiger partial charge >= 0.3 is 0 Å². The van der Waals surface area contributed by atoms with Crippen LogP contribution in [0, 0.1) is 5.41 Å². The van der Waals surface area contributed by atoms with Gasteiger partial charge in [0.2, 0.25) is 0 Å². The van der Waals surface area contributed by atoms with Gasteiger partial charge in [-0.1, -0.05) is 34.1 Å². The zero-order valence-corrected chi connectivity index (χ0v) is 13.7. The maximum absolute atomic E-state index is 5.27. The van der Waals surface area contributed by atoms with Crippen molar-refractivity contribution in [3.05, 3.63) is 0 Å². The third kappa shape index (κ3) is 4.73. The normalized spacial score (nSPS) is 26.8. The molecule has 0 amide bonds. The van der Waals surface area contributed by atoms with Crippen molar-refractivity contribution >= 4 is 0 Å². The first-order chi connectivity index (χ1) is 9.06. The summed E-state index contributed by atoms with van der Waals surface area (Å²) in [6.07, 6.45) is 5.23. The average Bonchev–Trinajstić information content (AvgIpc) is 2.38. The lowest BCUT2D eigenvalue weighted by Gasteiger charge is -2.48. The maximum atomic E-state index is 5.27. The summed E-state index contributed by atoms with van der Waals surface area (Å²) in [5.74, 6) is 0. The second-order valence-electron chi connectivity index (χ2n) is 6.50. The third-order valence-corrected chi connectivity index (χ3v) is 4.62. The second kappa shape index (κ2) is 8.23. The number of rotatable bonds is 8. The van der Waals surface area contributed by atoms with E-state index in [1.165, 1.54) is 25.7 Å². The topological polar surface area (TPSA) is 24.5 Å². The number of likely N-dealkylation sites (N-methyl/N-ethyl adjacent to an activating group) is 1. The first-order valence-electron chi connectivity index (χ1n) is 8.03. The number of ether oxygens (including phenoxy) is 1. The summed E-state index contributed by atoms with van der Waals surface area (Å²) >= 11 is 0. The molecule has 1 N–H and O–H groups in total.